The molecule has 2 rings (SSSR count). The van der Waals surface area contributed by atoms with Crippen LogP contribution in [0.5, 0.6) is 0 Å². The highest BCUT2D eigenvalue weighted by Gasteiger charge is 2.13. The summed E-state index contributed by atoms with van der Waals surface area (Å²) in [6.07, 6.45) is 0. The Bertz CT molecular complexity index is 646. The van der Waals surface area contributed by atoms with Crippen molar-refractivity contribution < 1.29 is 4.92 Å². The van der Waals surface area contributed by atoms with E-state index in [2.05, 4.69) is 10.3 Å². The average Bonchev–Trinajstić information content (AvgIpc) is 2.32. The largest absolute Gasteiger partial charge is 0.378 e. The first-order valence-corrected chi connectivity index (χ1v) is 5.79. The van der Waals surface area contributed by atoms with Gasteiger partial charge in [-0.15, -0.1) is 0 Å². The molecule has 0 saturated heterocycles. The number of nitrogen functional groups attached to an aromatic ring is 1. The molecule has 0 amide bonds. The van der Waals surface area contributed by atoms with Crippen LogP contribution in [0.15, 0.2) is 30.3 Å². The zero-order chi connectivity index (χ0) is 14.0. The molecular weight excluding hydrogens is 268 g/mol. The predicted molar refractivity (Wildman–Crippen MR) is 74.8 cm³/mol. The Morgan fingerprint density at radius 2 is 2.11 bits per heavy atom. The van der Waals surface area contributed by atoms with Gasteiger partial charge in [0, 0.05) is 6.07 Å². The number of rotatable bonds is 3. The third-order valence-electron chi connectivity index (χ3n) is 2.49. The fraction of sp³-hybridized carbons (Fsp3) is 0.0833. The van der Waals surface area contributed by atoms with E-state index in [0.717, 1.165) is 5.56 Å². The van der Waals surface area contributed by atoms with Crippen LogP contribution >= 0.6 is 11.6 Å². The SMILES string of the molecule is Cc1ccc(Nc2ccc([N+](=O)[O-])c(N)n2)c(Cl)c1. The lowest BCUT2D eigenvalue weighted by Crippen LogP contribution is -2.01. The first-order chi connectivity index (χ1) is 8.97. The second-order valence-corrected chi connectivity index (χ2v) is 4.37. The van der Waals surface area contributed by atoms with Gasteiger partial charge in [-0.2, -0.15) is 0 Å². The van der Waals surface area contributed by atoms with Crippen LogP contribution in [0.1, 0.15) is 5.56 Å². The molecule has 0 radical (unpaired) electrons. The second-order valence-electron chi connectivity index (χ2n) is 3.97. The zero-order valence-corrected chi connectivity index (χ0v) is 10.8. The topological polar surface area (TPSA) is 94.1 Å². The van der Waals surface area contributed by atoms with E-state index in [1.165, 1.54) is 12.1 Å². The molecule has 2 aromatic rings. The molecule has 0 aliphatic carbocycles. The number of nitrogens with two attached hydrogens (primary N) is 1. The number of nitro groups is 1. The molecule has 3 N–H and O–H groups in total. The summed E-state index contributed by atoms with van der Waals surface area (Å²) in [5, 5.41) is 14.1. The smallest absolute Gasteiger partial charge is 0.311 e. The maximum absolute atomic E-state index is 10.6. The van der Waals surface area contributed by atoms with Crippen LogP contribution in [0.4, 0.5) is 23.0 Å². The van der Waals surface area contributed by atoms with Crippen molar-refractivity contribution in [2.24, 2.45) is 0 Å². The van der Waals surface area contributed by atoms with Gasteiger partial charge in [-0.3, -0.25) is 10.1 Å². The lowest BCUT2D eigenvalue weighted by molar-refractivity contribution is -0.384. The Hall–Kier alpha value is -2.34. The number of hydrogen-bond acceptors (Lipinski definition) is 5. The van der Waals surface area contributed by atoms with Gasteiger partial charge < -0.3 is 11.1 Å². The van der Waals surface area contributed by atoms with Crippen LogP contribution in [0.2, 0.25) is 5.02 Å². The van der Waals surface area contributed by atoms with Gasteiger partial charge in [-0.1, -0.05) is 17.7 Å². The van der Waals surface area contributed by atoms with Crippen LogP contribution in [0.3, 0.4) is 0 Å². The number of nitrogens with one attached hydrogen (secondary N) is 1. The molecule has 0 aliphatic heterocycles. The third kappa shape index (κ3) is 2.92. The summed E-state index contributed by atoms with van der Waals surface area (Å²) in [5.74, 6) is 0.257. The monoisotopic (exact) mass is 278 g/mol. The molecule has 19 heavy (non-hydrogen) atoms. The lowest BCUT2D eigenvalue weighted by Gasteiger charge is -2.08. The Morgan fingerprint density at radius 1 is 1.37 bits per heavy atom. The highest BCUT2D eigenvalue weighted by Crippen LogP contribution is 2.27. The van der Waals surface area contributed by atoms with E-state index >= 15 is 0 Å². The van der Waals surface area contributed by atoms with Crippen molar-refractivity contribution in [3.8, 4) is 0 Å². The Morgan fingerprint density at radius 3 is 2.68 bits per heavy atom. The highest BCUT2D eigenvalue weighted by atomic mass is 35.5. The van der Waals surface area contributed by atoms with Crippen LogP contribution in [-0.4, -0.2) is 9.91 Å². The number of benzene rings is 1. The molecule has 6 nitrogen and oxygen atoms in total. The number of anilines is 3. The highest BCUT2D eigenvalue weighted by molar-refractivity contribution is 6.33. The molecule has 1 aromatic heterocycles. The molecular formula is C12H11ClN4O2. The van der Waals surface area contributed by atoms with E-state index in [0.29, 0.717) is 16.5 Å². The molecule has 1 aromatic carbocycles. The van der Waals surface area contributed by atoms with E-state index < -0.39 is 4.92 Å². The Balaban J connectivity index is 2.29. The van der Waals surface area contributed by atoms with Crippen LogP contribution < -0.4 is 11.1 Å². The minimum Gasteiger partial charge on any atom is -0.378 e. The molecule has 0 saturated carbocycles. The third-order valence-corrected chi connectivity index (χ3v) is 2.80. The molecule has 0 aliphatic rings. The normalized spacial score (nSPS) is 10.2. The van der Waals surface area contributed by atoms with Gasteiger partial charge in [-0.25, -0.2) is 4.98 Å². The molecule has 0 spiro atoms. The molecule has 0 atom stereocenters. The standard InChI is InChI=1S/C12H11ClN4O2/c1-7-2-3-9(8(13)6-7)15-11-5-4-10(17(18)19)12(14)16-11/h2-6H,1H3,(H3,14,15,16). The van der Waals surface area contributed by atoms with Crippen molar-refractivity contribution in [1.29, 1.82) is 0 Å². The van der Waals surface area contributed by atoms with E-state index in [1.54, 1.807) is 12.1 Å². The lowest BCUT2D eigenvalue weighted by atomic mass is 10.2. The van der Waals surface area contributed by atoms with Crippen LogP contribution in [0.25, 0.3) is 0 Å². The molecule has 7 heteroatoms. The zero-order valence-electron chi connectivity index (χ0n) is 10.1. The van der Waals surface area contributed by atoms with E-state index in [9.17, 15) is 10.1 Å². The number of halogens is 1. The van der Waals surface area contributed by atoms with E-state index in [1.807, 2.05) is 13.0 Å². The molecule has 0 fully saturated rings. The summed E-state index contributed by atoms with van der Waals surface area (Å²) < 4.78 is 0. The number of nitrogens with zero attached hydrogens (tertiary/aromatic N) is 2. The van der Waals surface area contributed by atoms with Gasteiger partial charge in [-0.05, 0) is 30.7 Å². The van der Waals surface area contributed by atoms with Gasteiger partial charge >= 0.3 is 5.69 Å². The number of aryl methyl sites for hydroxylation is 1. The molecule has 0 bridgehead atoms. The molecule has 0 unspecified atom stereocenters. The van der Waals surface area contributed by atoms with Crippen molar-refractivity contribution in [2.45, 2.75) is 6.92 Å². The number of pyridine rings is 1. The predicted octanol–water partition coefficient (Wildman–Crippen LogP) is 3.28. The summed E-state index contributed by atoms with van der Waals surface area (Å²) in [7, 11) is 0. The van der Waals surface area contributed by atoms with Gasteiger partial charge in [0.15, 0.2) is 0 Å². The quantitative estimate of drug-likeness (QED) is 0.664. The second kappa shape index (κ2) is 5.11. The van der Waals surface area contributed by atoms with E-state index in [-0.39, 0.29) is 11.5 Å². The maximum Gasteiger partial charge on any atom is 0.311 e. The van der Waals surface area contributed by atoms with Crippen molar-refractivity contribution >= 4 is 34.6 Å². The molecule has 1 heterocycles. The first kappa shape index (κ1) is 13.1. The van der Waals surface area contributed by atoms with Crippen LogP contribution in [-0.2, 0) is 0 Å². The minimum atomic E-state index is -0.578. The van der Waals surface area contributed by atoms with Gasteiger partial charge in [0.25, 0.3) is 0 Å². The summed E-state index contributed by atoms with van der Waals surface area (Å²) in [5.41, 5.74) is 6.98. The first-order valence-electron chi connectivity index (χ1n) is 5.41. The Kier molecular flexibility index (Phi) is 3.52. The van der Waals surface area contributed by atoms with E-state index in [4.69, 9.17) is 17.3 Å². The van der Waals surface area contributed by atoms with Crippen molar-refractivity contribution in [3.63, 3.8) is 0 Å². The summed E-state index contributed by atoms with van der Waals surface area (Å²) in [4.78, 5) is 14.0. The van der Waals surface area contributed by atoms with Gasteiger partial charge in [0.05, 0.1) is 15.6 Å². The maximum atomic E-state index is 10.6. The fourth-order valence-corrected chi connectivity index (χ4v) is 1.83. The van der Waals surface area contributed by atoms with Gasteiger partial charge in [0.2, 0.25) is 5.82 Å². The number of hydrogen-bond donors (Lipinski definition) is 2. The summed E-state index contributed by atoms with van der Waals surface area (Å²) >= 11 is 6.07. The number of aromatic nitrogens is 1. The van der Waals surface area contributed by atoms with Crippen molar-refractivity contribution in [3.05, 3.63) is 51.0 Å². The minimum absolute atomic E-state index is 0.141. The van der Waals surface area contributed by atoms with Gasteiger partial charge in [0.1, 0.15) is 5.82 Å². The summed E-state index contributed by atoms with van der Waals surface area (Å²) in [6.45, 7) is 1.93. The average molecular weight is 279 g/mol. The van der Waals surface area contributed by atoms with Crippen LogP contribution in [0, 0.1) is 17.0 Å². The Labute approximate surface area is 114 Å². The fourth-order valence-electron chi connectivity index (χ4n) is 1.55. The summed E-state index contributed by atoms with van der Waals surface area (Å²) in [6, 6.07) is 8.27. The molecule has 98 valence electrons. The van der Waals surface area contributed by atoms with Crippen molar-refractivity contribution in [1.82, 2.24) is 4.98 Å². The van der Waals surface area contributed by atoms with Crippen molar-refractivity contribution in [2.75, 3.05) is 11.1 Å².